The van der Waals surface area contributed by atoms with Gasteiger partial charge in [0.05, 0.1) is 29.5 Å². The number of carbonyl (C=O) groups excluding carboxylic acids is 1. The number of para-hydroxylation sites is 1. The predicted octanol–water partition coefficient (Wildman–Crippen LogP) is 1.69. The van der Waals surface area contributed by atoms with E-state index in [9.17, 15) is 9.59 Å². The lowest BCUT2D eigenvalue weighted by molar-refractivity contribution is 0.0857. The van der Waals surface area contributed by atoms with Crippen molar-refractivity contribution in [1.82, 2.24) is 19.7 Å². The highest BCUT2D eigenvalue weighted by molar-refractivity contribution is 5.99. The molecule has 1 fully saturated rings. The number of rotatable bonds is 7. The second kappa shape index (κ2) is 8.59. The van der Waals surface area contributed by atoms with Gasteiger partial charge in [-0.25, -0.2) is 0 Å². The molecule has 0 bridgehead atoms. The van der Waals surface area contributed by atoms with Crippen molar-refractivity contribution < 1.29 is 14.3 Å². The molecule has 8 heteroatoms. The van der Waals surface area contributed by atoms with Crippen LogP contribution in [0, 0.1) is 0 Å². The van der Waals surface area contributed by atoms with Crippen LogP contribution in [0.3, 0.4) is 0 Å². The van der Waals surface area contributed by atoms with E-state index in [4.69, 9.17) is 9.47 Å². The molecule has 1 aromatic carbocycles. The highest BCUT2D eigenvalue weighted by atomic mass is 16.5. The van der Waals surface area contributed by atoms with Crippen LogP contribution in [-0.2, 0) is 16.0 Å². The van der Waals surface area contributed by atoms with Crippen LogP contribution in [0.15, 0.2) is 47.5 Å². The molecule has 1 saturated heterocycles. The fraction of sp³-hybridized carbons (Fsp3) is 0.381. The first-order chi connectivity index (χ1) is 14.2. The third-order valence-electron chi connectivity index (χ3n) is 5.04. The van der Waals surface area contributed by atoms with Crippen molar-refractivity contribution in [1.29, 1.82) is 0 Å². The maximum absolute atomic E-state index is 13.0. The largest absolute Gasteiger partial charge is 0.383 e. The molecule has 0 aliphatic carbocycles. The second-order valence-electron chi connectivity index (χ2n) is 7.06. The Kier molecular flexibility index (Phi) is 5.73. The first-order valence-corrected chi connectivity index (χ1v) is 9.74. The summed E-state index contributed by atoms with van der Waals surface area (Å²) < 4.78 is 13.9. The highest BCUT2D eigenvalue weighted by Crippen LogP contribution is 2.22. The minimum absolute atomic E-state index is 0.0377. The molecule has 1 aromatic rings. The summed E-state index contributed by atoms with van der Waals surface area (Å²) in [6, 6.07) is 9.18. The number of benzene rings is 1. The Morgan fingerprint density at radius 2 is 2.14 bits per heavy atom. The summed E-state index contributed by atoms with van der Waals surface area (Å²) in [5.41, 5.74) is 1.55. The molecule has 1 amide bonds. The van der Waals surface area contributed by atoms with E-state index in [2.05, 4.69) is 10.4 Å². The van der Waals surface area contributed by atoms with E-state index in [0.29, 0.717) is 42.2 Å². The zero-order chi connectivity index (χ0) is 20.2. The van der Waals surface area contributed by atoms with Crippen molar-refractivity contribution in [2.45, 2.75) is 25.5 Å². The molecule has 0 spiro atoms. The van der Waals surface area contributed by atoms with Crippen LogP contribution >= 0.6 is 0 Å². The molecular weight excluding hydrogens is 372 g/mol. The van der Waals surface area contributed by atoms with Gasteiger partial charge in [0.25, 0.3) is 11.5 Å². The zero-order valence-corrected chi connectivity index (χ0v) is 16.3. The van der Waals surface area contributed by atoms with E-state index >= 15 is 0 Å². The van der Waals surface area contributed by atoms with Gasteiger partial charge < -0.3 is 19.4 Å². The third kappa shape index (κ3) is 4.08. The SMILES string of the molecule is COCCn1cc(C(=O)NCC2CCCO2)c2nn(-c3ccccc3)c(=O)c-2c1. The lowest BCUT2D eigenvalue weighted by Gasteiger charge is -2.14. The number of pyridine rings is 1. The number of aromatic nitrogens is 3. The molecule has 1 atom stereocenters. The van der Waals surface area contributed by atoms with Gasteiger partial charge in [-0.3, -0.25) is 9.59 Å². The molecule has 3 aliphatic rings. The number of nitrogens with zero attached hydrogens (tertiary/aromatic N) is 3. The third-order valence-corrected chi connectivity index (χ3v) is 5.04. The lowest BCUT2D eigenvalue weighted by Crippen LogP contribution is -2.32. The maximum atomic E-state index is 13.0. The summed E-state index contributed by atoms with van der Waals surface area (Å²) in [7, 11) is 1.61. The lowest BCUT2D eigenvalue weighted by atomic mass is 10.1. The quantitative estimate of drug-likeness (QED) is 0.657. The normalized spacial score (nSPS) is 16.4. The van der Waals surface area contributed by atoms with Gasteiger partial charge in [0, 0.05) is 39.2 Å². The summed E-state index contributed by atoms with van der Waals surface area (Å²) >= 11 is 0. The monoisotopic (exact) mass is 396 g/mol. The van der Waals surface area contributed by atoms with Crippen molar-refractivity contribution in [3.8, 4) is 16.9 Å². The summed E-state index contributed by atoms with van der Waals surface area (Å²) in [4.78, 5) is 25.9. The Balaban J connectivity index is 1.72. The number of ether oxygens (including phenoxy) is 2. The van der Waals surface area contributed by atoms with E-state index in [1.54, 1.807) is 24.1 Å². The summed E-state index contributed by atoms with van der Waals surface area (Å²) in [5, 5.41) is 7.40. The fourth-order valence-electron chi connectivity index (χ4n) is 3.50. The van der Waals surface area contributed by atoms with E-state index in [0.717, 1.165) is 19.4 Å². The summed E-state index contributed by atoms with van der Waals surface area (Å²) in [6.07, 6.45) is 5.42. The molecule has 1 N–H and O–H groups in total. The van der Waals surface area contributed by atoms with Gasteiger partial charge in [-0.2, -0.15) is 9.78 Å². The van der Waals surface area contributed by atoms with Gasteiger partial charge in [-0.1, -0.05) is 18.2 Å². The molecule has 0 saturated carbocycles. The molecule has 3 aliphatic heterocycles. The average Bonchev–Trinajstić information content (AvgIpc) is 3.39. The summed E-state index contributed by atoms with van der Waals surface area (Å²) in [5.74, 6) is -0.269. The Bertz CT molecular complexity index is 1010. The molecule has 1 unspecified atom stereocenters. The minimum Gasteiger partial charge on any atom is -0.383 e. The van der Waals surface area contributed by atoms with Gasteiger partial charge in [0.1, 0.15) is 5.69 Å². The van der Waals surface area contributed by atoms with Crippen LogP contribution < -0.4 is 10.9 Å². The first kappa shape index (κ1) is 19.4. The first-order valence-electron chi connectivity index (χ1n) is 9.74. The van der Waals surface area contributed by atoms with Gasteiger partial charge in [-0.15, -0.1) is 0 Å². The van der Waals surface area contributed by atoms with Crippen LogP contribution in [0.25, 0.3) is 16.9 Å². The van der Waals surface area contributed by atoms with E-state index in [1.807, 2.05) is 30.3 Å². The van der Waals surface area contributed by atoms with Crippen molar-refractivity contribution in [2.75, 3.05) is 26.9 Å². The number of nitrogens with one attached hydrogen (secondary N) is 1. The van der Waals surface area contributed by atoms with Gasteiger partial charge in [0.15, 0.2) is 0 Å². The van der Waals surface area contributed by atoms with Crippen LogP contribution in [0.1, 0.15) is 23.2 Å². The Hall–Kier alpha value is -2.97. The number of methoxy groups -OCH3 is 1. The molecule has 4 rings (SSSR count). The standard InChI is InChI=1S/C21H24N4O4/c1-28-11-9-24-13-17(20(26)22-12-16-8-5-10-29-16)19-18(14-24)21(27)25(23-19)15-6-3-2-4-7-15/h2-4,6-7,13-14,16H,5,8-12H2,1H3,(H,22,26). The van der Waals surface area contributed by atoms with Crippen LogP contribution in [0.5, 0.6) is 0 Å². The number of amides is 1. The molecule has 0 radical (unpaired) electrons. The Labute approximate surface area is 168 Å². The van der Waals surface area contributed by atoms with Crippen molar-refractivity contribution >= 4 is 5.91 Å². The van der Waals surface area contributed by atoms with E-state index in [-0.39, 0.29) is 17.6 Å². The van der Waals surface area contributed by atoms with Crippen LogP contribution in [-0.4, -0.2) is 53.2 Å². The Morgan fingerprint density at radius 1 is 1.31 bits per heavy atom. The molecule has 8 nitrogen and oxygen atoms in total. The van der Waals surface area contributed by atoms with E-state index in [1.165, 1.54) is 4.68 Å². The van der Waals surface area contributed by atoms with Crippen molar-refractivity contribution in [2.24, 2.45) is 0 Å². The molecule has 3 heterocycles. The van der Waals surface area contributed by atoms with Gasteiger partial charge in [-0.05, 0) is 25.0 Å². The molecule has 29 heavy (non-hydrogen) atoms. The van der Waals surface area contributed by atoms with Crippen molar-refractivity contribution in [3.63, 3.8) is 0 Å². The Morgan fingerprint density at radius 3 is 2.86 bits per heavy atom. The predicted molar refractivity (Wildman–Crippen MR) is 108 cm³/mol. The number of hydrogen-bond acceptors (Lipinski definition) is 5. The minimum atomic E-state index is -0.269. The smallest absolute Gasteiger partial charge is 0.282 e. The number of fused-ring (bicyclic) bond motifs is 1. The molecule has 152 valence electrons. The maximum Gasteiger partial charge on any atom is 0.282 e. The molecule has 0 aromatic heterocycles. The van der Waals surface area contributed by atoms with Gasteiger partial charge >= 0.3 is 0 Å². The van der Waals surface area contributed by atoms with Gasteiger partial charge in [0.2, 0.25) is 0 Å². The summed E-state index contributed by atoms with van der Waals surface area (Å²) in [6.45, 7) is 2.16. The molecular formula is C21H24N4O4. The van der Waals surface area contributed by atoms with Crippen LogP contribution in [0.4, 0.5) is 0 Å². The van der Waals surface area contributed by atoms with Crippen LogP contribution in [0.2, 0.25) is 0 Å². The van der Waals surface area contributed by atoms with Crippen molar-refractivity contribution in [3.05, 3.63) is 58.6 Å². The number of hydrogen-bond donors (Lipinski definition) is 1. The second-order valence-corrected chi connectivity index (χ2v) is 7.06. The highest BCUT2D eigenvalue weighted by Gasteiger charge is 2.25. The van der Waals surface area contributed by atoms with E-state index < -0.39 is 0 Å². The fourth-order valence-corrected chi connectivity index (χ4v) is 3.50. The topological polar surface area (TPSA) is 87.4 Å². The zero-order valence-electron chi connectivity index (χ0n) is 16.3. The number of carbonyl (C=O) groups is 1. The average molecular weight is 396 g/mol.